The topological polar surface area (TPSA) is 96.0 Å². The number of fused-ring (bicyclic) bond motifs is 1. The van der Waals surface area contributed by atoms with Crippen molar-refractivity contribution in [3.8, 4) is 5.75 Å². The van der Waals surface area contributed by atoms with Crippen LogP contribution in [-0.4, -0.2) is 59.7 Å². The zero-order valence-corrected chi connectivity index (χ0v) is 19.2. The molecule has 0 aromatic heterocycles. The summed E-state index contributed by atoms with van der Waals surface area (Å²) in [5, 5.41) is 2.76. The minimum Gasteiger partial charge on any atom is -0.497 e. The Labute approximate surface area is 193 Å². The van der Waals surface area contributed by atoms with Gasteiger partial charge in [-0.15, -0.1) is 0 Å². The maximum Gasteiger partial charge on any atom is 0.261 e. The first-order valence-corrected chi connectivity index (χ1v) is 11.0. The Hall–Kier alpha value is -3.68. The molecule has 2 aromatic rings. The van der Waals surface area contributed by atoms with E-state index >= 15 is 0 Å². The number of imide groups is 1. The van der Waals surface area contributed by atoms with Gasteiger partial charge in [-0.2, -0.15) is 0 Å². The standard InChI is InChI=1S/C25H29N3O5/c1-4-26-23(30)17(2)28(16-18-11-13-19(33-3)14-12-18)22(29)10-7-15-27-24(31)20-8-5-6-9-21(20)25(27)32/h5-6,8-9,11-14,17H,4,7,10,15-16H2,1-3H3,(H,26,30). The fourth-order valence-electron chi connectivity index (χ4n) is 3.81. The van der Waals surface area contributed by atoms with Crippen LogP contribution in [0.3, 0.4) is 0 Å². The lowest BCUT2D eigenvalue weighted by Crippen LogP contribution is -2.47. The Morgan fingerprint density at radius 2 is 1.64 bits per heavy atom. The van der Waals surface area contributed by atoms with Gasteiger partial charge in [-0.25, -0.2) is 0 Å². The third-order valence-corrected chi connectivity index (χ3v) is 5.68. The van der Waals surface area contributed by atoms with Gasteiger partial charge in [0.25, 0.3) is 11.8 Å². The maximum absolute atomic E-state index is 13.1. The molecular weight excluding hydrogens is 422 g/mol. The van der Waals surface area contributed by atoms with Crippen LogP contribution in [-0.2, 0) is 16.1 Å². The van der Waals surface area contributed by atoms with Crippen molar-refractivity contribution in [3.05, 3.63) is 65.2 Å². The van der Waals surface area contributed by atoms with Gasteiger partial charge in [-0.05, 0) is 50.1 Å². The fourth-order valence-corrected chi connectivity index (χ4v) is 3.81. The second-order valence-corrected chi connectivity index (χ2v) is 7.85. The highest BCUT2D eigenvalue weighted by molar-refractivity contribution is 6.21. The first kappa shape index (κ1) is 24.0. The maximum atomic E-state index is 13.1. The van der Waals surface area contributed by atoms with Crippen LogP contribution >= 0.6 is 0 Å². The van der Waals surface area contributed by atoms with Gasteiger partial charge >= 0.3 is 0 Å². The molecule has 1 aliphatic heterocycles. The lowest BCUT2D eigenvalue weighted by molar-refractivity contribution is -0.140. The molecule has 1 heterocycles. The molecule has 0 fully saturated rings. The number of hydrogen-bond donors (Lipinski definition) is 1. The van der Waals surface area contributed by atoms with E-state index in [1.807, 2.05) is 19.1 Å². The molecular formula is C25H29N3O5. The Kier molecular flexibility index (Phi) is 7.82. The molecule has 0 radical (unpaired) electrons. The first-order valence-electron chi connectivity index (χ1n) is 11.0. The predicted octanol–water partition coefficient (Wildman–Crippen LogP) is 2.62. The minimum absolute atomic E-state index is 0.104. The highest BCUT2D eigenvalue weighted by Gasteiger charge is 2.35. The number of rotatable bonds is 10. The Morgan fingerprint density at radius 1 is 1.03 bits per heavy atom. The summed E-state index contributed by atoms with van der Waals surface area (Å²) in [6.07, 6.45) is 0.416. The molecule has 0 bridgehead atoms. The fraction of sp³-hybridized carbons (Fsp3) is 0.360. The van der Waals surface area contributed by atoms with Crippen molar-refractivity contribution in [2.75, 3.05) is 20.2 Å². The molecule has 0 saturated carbocycles. The molecule has 4 amide bonds. The van der Waals surface area contributed by atoms with Gasteiger partial charge in [0.1, 0.15) is 11.8 Å². The highest BCUT2D eigenvalue weighted by atomic mass is 16.5. The van der Waals surface area contributed by atoms with Gasteiger partial charge in [0, 0.05) is 26.1 Å². The summed E-state index contributed by atoms with van der Waals surface area (Å²) >= 11 is 0. The number of nitrogens with zero attached hydrogens (tertiary/aromatic N) is 2. The number of ether oxygens (including phenoxy) is 1. The molecule has 0 aliphatic carbocycles. The Balaban J connectivity index is 1.66. The molecule has 1 aliphatic rings. The number of carbonyl (C=O) groups excluding carboxylic acids is 4. The smallest absolute Gasteiger partial charge is 0.261 e. The van der Waals surface area contributed by atoms with Crippen molar-refractivity contribution < 1.29 is 23.9 Å². The lowest BCUT2D eigenvalue weighted by Gasteiger charge is -2.29. The molecule has 1 atom stereocenters. The van der Waals surface area contributed by atoms with Crippen LogP contribution in [0.25, 0.3) is 0 Å². The summed E-state index contributed by atoms with van der Waals surface area (Å²) < 4.78 is 5.18. The third-order valence-electron chi connectivity index (χ3n) is 5.68. The average molecular weight is 452 g/mol. The molecule has 8 nitrogen and oxygen atoms in total. The van der Waals surface area contributed by atoms with Gasteiger partial charge in [-0.1, -0.05) is 24.3 Å². The van der Waals surface area contributed by atoms with E-state index in [4.69, 9.17) is 4.74 Å². The second-order valence-electron chi connectivity index (χ2n) is 7.85. The zero-order valence-electron chi connectivity index (χ0n) is 19.2. The van der Waals surface area contributed by atoms with Crippen molar-refractivity contribution in [2.24, 2.45) is 0 Å². The first-order chi connectivity index (χ1) is 15.9. The Bertz CT molecular complexity index is 1000. The van der Waals surface area contributed by atoms with E-state index < -0.39 is 6.04 Å². The van der Waals surface area contributed by atoms with E-state index in [9.17, 15) is 19.2 Å². The van der Waals surface area contributed by atoms with E-state index in [1.54, 1.807) is 50.4 Å². The van der Waals surface area contributed by atoms with Gasteiger partial charge in [0.2, 0.25) is 11.8 Å². The van der Waals surface area contributed by atoms with Gasteiger partial charge < -0.3 is 15.0 Å². The molecule has 1 unspecified atom stereocenters. The van der Waals surface area contributed by atoms with E-state index in [0.717, 1.165) is 5.56 Å². The summed E-state index contributed by atoms with van der Waals surface area (Å²) in [6, 6.07) is 13.3. The van der Waals surface area contributed by atoms with Crippen LogP contribution in [0.5, 0.6) is 5.75 Å². The number of amides is 4. The van der Waals surface area contributed by atoms with Crippen molar-refractivity contribution >= 4 is 23.6 Å². The summed E-state index contributed by atoms with van der Waals surface area (Å²) in [5.74, 6) is -0.433. The Morgan fingerprint density at radius 3 is 2.18 bits per heavy atom. The molecule has 33 heavy (non-hydrogen) atoms. The molecule has 0 spiro atoms. The quantitative estimate of drug-likeness (QED) is 0.560. The van der Waals surface area contributed by atoms with Gasteiger partial charge in [-0.3, -0.25) is 24.1 Å². The van der Waals surface area contributed by atoms with E-state index in [0.29, 0.717) is 29.8 Å². The van der Waals surface area contributed by atoms with Crippen LogP contribution in [0.4, 0.5) is 0 Å². The summed E-state index contributed by atoms with van der Waals surface area (Å²) in [4.78, 5) is 53.3. The molecule has 3 rings (SSSR count). The van der Waals surface area contributed by atoms with E-state index in [-0.39, 0.29) is 43.1 Å². The number of hydrogen-bond acceptors (Lipinski definition) is 5. The summed E-state index contributed by atoms with van der Waals surface area (Å²) in [6.45, 7) is 4.38. The van der Waals surface area contributed by atoms with Crippen LogP contribution in [0.15, 0.2) is 48.5 Å². The van der Waals surface area contributed by atoms with Gasteiger partial charge in [0.05, 0.1) is 18.2 Å². The third kappa shape index (κ3) is 5.39. The monoisotopic (exact) mass is 451 g/mol. The lowest BCUT2D eigenvalue weighted by atomic mass is 10.1. The number of methoxy groups -OCH3 is 1. The number of carbonyl (C=O) groups is 4. The van der Waals surface area contributed by atoms with Crippen LogP contribution in [0.1, 0.15) is 53.0 Å². The predicted molar refractivity (Wildman–Crippen MR) is 123 cm³/mol. The van der Waals surface area contributed by atoms with Gasteiger partial charge in [0.15, 0.2) is 0 Å². The molecule has 174 valence electrons. The van der Waals surface area contributed by atoms with Crippen LogP contribution < -0.4 is 10.1 Å². The molecule has 2 aromatic carbocycles. The number of likely N-dealkylation sites (N-methyl/N-ethyl adjacent to an activating group) is 1. The van der Waals surface area contributed by atoms with Crippen molar-refractivity contribution in [2.45, 2.75) is 39.3 Å². The van der Waals surface area contributed by atoms with Crippen molar-refractivity contribution in [3.63, 3.8) is 0 Å². The molecule has 1 N–H and O–H groups in total. The number of nitrogens with one attached hydrogen (secondary N) is 1. The minimum atomic E-state index is -0.668. The zero-order chi connectivity index (χ0) is 24.0. The second kappa shape index (κ2) is 10.8. The van der Waals surface area contributed by atoms with Crippen molar-refractivity contribution in [1.29, 1.82) is 0 Å². The van der Waals surface area contributed by atoms with Crippen LogP contribution in [0, 0.1) is 0 Å². The normalized spacial score (nSPS) is 13.5. The van der Waals surface area contributed by atoms with Crippen LogP contribution in [0.2, 0.25) is 0 Å². The highest BCUT2D eigenvalue weighted by Crippen LogP contribution is 2.23. The summed E-state index contributed by atoms with van der Waals surface area (Å²) in [7, 11) is 1.58. The largest absolute Gasteiger partial charge is 0.497 e. The van der Waals surface area contributed by atoms with E-state index in [1.165, 1.54) is 9.80 Å². The van der Waals surface area contributed by atoms with E-state index in [2.05, 4.69) is 5.32 Å². The average Bonchev–Trinajstić information content (AvgIpc) is 3.07. The van der Waals surface area contributed by atoms with Crippen molar-refractivity contribution in [1.82, 2.24) is 15.1 Å². The molecule has 0 saturated heterocycles. The SMILES string of the molecule is CCNC(=O)C(C)N(Cc1ccc(OC)cc1)C(=O)CCCN1C(=O)c2ccccc2C1=O. The molecule has 8 heteroatoms. The summed E-state index contributed by atoms with van der Waals surface area (Å²) in [5.41, 5.74) is 1.64. The number of benzene rings is 2.